The average Bonchev–Trinajstić information content (AvgIpc) is 3.05. The van der Waals surface area contributed by atoms with E-state index in [1.807, 2.05) is 35.7 Å². The molecule has 0 saturated carbocycles. The topological polar surface area (TPSA) is 42.0 Å². The van der Waals surface area contributed by atoms with E-state index in [2.05, 4.69) is 10.3 Å². The first-order valence-electron chi connectivity index (χ1n) is 7.22. The second-order valence-corrected chi connectivity index (χ2v) is 5.95. The minimum Gasteiger partial charge on any atom is -0.350 e. The summed E-state index contributed by atoms with van der Waals surface area (Å²) in [5.41, 5.74) is 2.69. The number of amides is 1. The molecule has 0 unspecified atom stereocenters. The summed E-state index contributed by atoms with van der Waals surface area (Å²) in [5, 5.41) is 5.72. The van der Waals surface area contributed by atoms with Crippen molar-refractivity contribution in [1.29, 1.82) is 0 Å². The third-order valence-electron chi connectivity index (χ3n) is 3.32. The quantitative estimate of drug-likeness (QED) is 0.775. The number of nitrogens with one attached hydrogen (secondary N) is 1. The van der Waals surface area contributed by atoms with Gasteiger partial charge in [-0.1, -0.05) is 42.5 Å². The summed E-state index contributed by atoms with van der Waals surface area (Å²) in [6, 6.07) is 15.9. The third-order valence-corrected chi connectivity index (χ3v) is 4.26. The van der Waals surface area contributed by atoms with E-state index in [0.717, 1.165) is 21.8 Å². The van der Waals surface area contributed by atoms with Gasteiger partial charge in [-0.25, -0.2) is 9.37 Å². The number of hydrogen-bond donors (Lipinski definition) is 1. The smallest absolute Gasteiger partial charge is 0.224 e. The summed E-state index contributed by atoms with van der Waals surface area (Å²) < 4.78 is 12.8. The SMILES string of the molecule is O=C(Cc1ccc(F)cc1)NCc1csc(-c2ccccc2)n1. The van der Waals surface area contributed by atoms with Crippen LogP contribution in [-0.4, -0.2) is 10.9 Å². The van der Waals surface area contributed by atoms with Crippen LogP contribution in [0.4, 0.5) is 4.39 Å². The zero-order valence-electron chi connectivity index (χ0n) is 12.3. The van der Waals surface area contributed by atoms with Gasteiger partial charge in [-0.2, -0.15) is 0 Å². The molecule has 0 aliphatic rings. The fourth-order valence-electron chi connectivity index (χ4n) is 2.14. The molecule has 0 fully saturated rings. The summed E-state index contributed by atoms with van der Waals surface area (Å²) in [6.45, 7) is 0.392. The van der Waals surface area contributed by atoms with Gasteiger partial charge in [0.2, 0.25) is 5.91 Å². The Morgan fingerprint density at radius 2 is 1.83 bits per heavy atom. The van der Waals surface area contributed by atoms with Gasteiger partial charge < -0.3 is 5.32 Å². The van der Waals surface area contributed by atoms with E-state index in [1.54, 1.807) is 23.5 Å². The lowest BCUT2D eigenvalue weighted by molar-refractivity contribution is -0.120. The predicted molar refractivity (Wildman–Crippen MR) is 89.5 cm³/mol. The highest BCUT2D eigenvalue weighted by Crippen LogP contribution is 2.23. The molecular formula is C18H15FN2OS. The van der Waals surface area contributed by atoms with Crippen molar-refractivity contribution in [2.75, 3.05) is 0 Å². The average molecular weight is 326 g/mol. The number of benzene rings is 2. The number of aromatic nitrogens is 1. The zero-order chi connectivity index (χ0) is 16.1. The fourth-order valence-corrected chi connectivity index (χ4v) is 2.97. The van der Waals surface area contributed by atoms with Crippen LogP contribution < -0.4 is 5.32 Å². The Labute approximate surface area is 137 Å². The summed E-state index contributed by atoms with van der Waals surface area (Å²) in [7, 11) is 0. The molecule has 1 heterocycles. The number of thiazole rings is 1. The van der Waals surface area contributed by atoms with E-state index < -0.39 is 0 Å². The van der Waals surface area contributed by atoms with Gasteiger partial charge in [0.25, 0.3) is 0 Å². The highest BCUT2D eigenvalue weighted by Gasteiger charge is 2.07. The first-order valence-corrected chi connectivity index (χ1v) is 8.09. The molecule has 3 aromatic rings. The molecule has 0 saturated heterocycles. The Morgan fingerprint density at radius 1 is 1.09 bits per heavy atom. The number of halogens is 1. The zero-order valence-corrected chi connectivity index (χ0v) is 13.1. The lowest BCUT2D eigenvalue weighted by Crippen LogP contribution is -2.24. The van der Waals surface area contributed by atoms with Gasteiger partial charge in [0.05, 0.1) is 18.7 Å². The Bertz CT molecular complexity index is 784. The van der Waals surface area contributed by atoms with E-state index in [1.165, 1.54) is 12.1 Å². The lowest BCUT2D eigenvalue weighted by Gasteiger charge is -2.03. The van der Waals surface area contributed by atoms with Gasteiger partial charge in [0, 0.05) is 10.9 Å². The monoisotopic (exact) mass is 326 g/mol. The lowest BCUT2D eigenvalue weighted by atomic mass is 10.1. The van der Waals surface area contributed by atoms with Crippen molar-refractivity contribution in [2.24, 2.45) is 0 Å². The predicted octanol–water partition coefficient (Wildman–Crippen LogP) is 3.81. The molecule has 2 aromatic carbocycles. The van der Waals surface area contributed by atoms with Crippen molar-refractivity contribution < 1.29 is 9.18 Å². The molecule has 0 radical (unpaired) electrons. The minimum absolute atomic E-state index is 0.106. The van der Waals surface area contributed by atoms with Crippen LogP contribution in [0.1, 0.15) is 11.3 Å². The molecular weight excluding hydrogens is 311 g/mol. The summed E-state index contributed by atoms with van der Waals surface area (Å²) >= 11 is 1.56. The molecule has 0 aliphatic heterocycles. The van der Waals surface area contributed by atoms with Gasteiger partial charge in [0.1, 0.15) is 10.8 Å². The van der Waals surface area contributed by atoms with Crippen molar-refractivity contribution in [3.63, 3.8) is 0 Å². The Balaban J connectivity index is 1.55. The summed E-state index contributed by atoms with van der Waals surface area (Å²) in [5.74, 6) is -0.407. The van der Waals surface area contributed by atoms with Crippen LogP contribution in [-0.2, 0) is 17.8 Å². The van der Waals surface area contributed by atoms with Crippen LogP contribution in [0.15, 0.2) is 60.0 Å². The second-order valence-electron chi connectivity index (χ2n) is 5.09. The Hall–Kier alpha value is -2.53. The third kappa shape index (κ3) is 4.23. The van der Waals surface area contributed by atoms with Crippen LogP contribution in [0.5, 0.6) is 0 Å². The van der Waals surface area contributed by atoms with Crippen molar-refractivity contribution in [3.05, 3.63) is 77.1 Å². The molecule has 0 atom stereocenters. The van der Waals surface area contributed by atoms with Crippen LogP contribution >= 0.6 is 11.3 Å². The van der Waals surface area contributed by atoms with Crippen LogP contribution in [0.3, 0.4) is 0 Å². The van der Waals surface area contributed by atoms with Gasteiger partial charge in [-0.05, 0) is 17.7 Å². The highest BCUT2D eigenvalue weighted by molar-refractivity contribution is 7.13. The first kappa shape index (κ1) is 15.4. The molecule has 23 heavy (non-hydrogen) atoms. The van der Waals surface area contributed by atoms with Crippen molar-refractivity contribution in [3.8, 4) is 10.6 Å². The van der Waals surface area contributed by atoms with Crippen LogP contribution in [0.2, 0.25) is 0 Å². The molecule has 3 rings (SSSR count). The number of carbonyl (C=O) groups is 1. The Kier molecular flexibility index (Phi) is 4.78. The van der Waals surface area contributed by atoms with E-state index in [-0.39, 0.29) is 18.1 Å². The largest absolute Gasteiger partial charge is 0.350 e. The standard InChI is InChI=1S/C18H15FN2OS/c19-15-8-6-13(7-9-15)10-17(22)20-11-16-12-23-18(21-16)14-4-2-1-3-5-14/h1-9,12H,10-11H2,(H,20,22). The number of hydrogen-bond acceptors (Lipinski definition) is 3. The first-order chi connectivity index (χ1) is 11.2. The van der Waals surface area contributed by atoms with E-state index in [9.17, 15) is 9.18 Å². The molecule has 1 N–H and O–H groups in total. The molecule has 116 valence electrons. The molecule has 0 spiro atoms. The van der Waals surface area contributed by atoms with Crippen molar-refractivity contribution in [2.45, 2.75) is 13.0 Å². The van der Waals surface area contributed by atoms with E-state index in [4.69, 9.17) is 0 Å². The second kappa shape index (κ2) is 7.15. The molecule has 1 amide bonds. The number of rotatable bonds is 5. The van der Waals surface area contributed by atoms with Gasteiger partial charge in [0.15, 0.2) is 0 Å². The maximum absolute atomic E-state index is 12.8. The van der Waals surface area contributed by atoms with Crippen LogP contribution in [0.25, 0.3) is 10.6 Å². The highest BCUT2D eigenvalue weighted by atomic mass is 32.1. The molecule has 0 aliphatic carbocycles. The fraction of sp³-hybridized carbons (Fsp3) is 0.111. The number of carbonyl (C=O) groups excluding carboxylic acids is 1. The Morgan fingerprint density at radius 3 is 2.57 bits per heavy atom. The summed E-state index contributed by atoms with van der Waals surface area (Å²) in [4.78, 5) is 16.4. The van der Waals surface area contributed by atoms with Crippen molar-refractivity contribution >= 4 is 17.2 Å². The normalized spacial score (nSPS) is 10.5. The van der Waals surface area contributed by atoms with E-state index in [0.29, 0.717) is 6.54 Å². The van der Waals surface area contributed by atoms with Gasteiger partial charge in [-0.15, -0.1) is 11.3 Å². The molecule has 3 nitrogen and oxygen atoms in total. The maximum atomic E-state index is 12.8. The summed E-state index contributed by atoms with van der Waals surface area (Å²) in [6.07, 6.45) is 0.232. The van der Waals surface area contributed by atoms with Gasteiger partial charge >= 0.3 is 0 Å². The van der Waals surface area contributed by atoms with Crippen molar-refractivity contribution in [1.82, 2.24) is 10.3 Å². The minimum atomic E-state index is -0.301. The van der Waals surface area contributed by atoms with Crippen LogP contribution in [0, 0.1) is 5.82 Å². The molecule has 0 bridgehead atoms. The maximum Gasteiger partial charge on any atom is 0.224 e. The molecule has 5 heteroatoms. The van der Waals surface area contributed by atoms with E-state index >= 15 is 0 Å². The molecule has 1 aromatic heterocycles. The van der Waals surface area contributed by atoms with Gasteiger partial charge in [-0.3, -0.25) is 4.79 Å². The number of nitrogens with zero attached hydrogens (tertiary/aromatic N) is 1.